The number of carbonyl (C=O) groups excluding carboxylic acids is 2. The van der Waals surface area contributed by atoms with Gasteiger partial charge in [-0.3, -0.25) is 9.59 Å². The monoisotopic (exact) mass is 158 g/mol. The number of primary amides is 2. The van der Waals surface area contributed by atoms with Crippen molar-refractivity contribution in [1.82, 2.24) is 0 Å². The van der Waals surface area contributed by atoms with Gasteiger partial charge in [0.15, 0.2) is 0 Å². The molecule has 4 N–H and O–H groups in total. The van der Waals surface area contributed by atoms with Crippen molar-refractivity contribution in [2.75, 3.05) is 0 Å². The standard InChI is InChI=1S/C5H8N2O2.C2H6/c1-2-3(4(6)8)5(7)9;1-2/h2H,1H3,(H2,6,8)(H2,7,9);1-2H3. The lowest BCUT2D eigenvalue weighted by molar-refractivity contribution is -0.120. The quantitative estimate of drug-likeness (QED) is 0.335. The fourth-order valence-electron chi connectivity index (χ4n) is 0.406. The minimum absolute atomic E-state index is 0.157. The van der Waals surface area contributed by atoms with Gasteiger partial charge in [0.25, 0.3) is 11.8 Å². The van der Waals surface area contributed by atoms with Gasteiger partial charge in [0.2, 0.25) is 0 Å². The Balaban J connectivity index is 0. The number of allylic oxidation sites excluding steroid dienone is 1. The van der Waals surface area contributed by atoms with E-state index in [1.165, 1.54) is 13.0 Å². The van der Waals surface area contributed by atoms with Gasteiger partial charge < -0.3 is 11.5 Å². The van der Waals surface area contributed by atoms with E-state index in [1.807, 2.05) is 13.8 Å². The third kappa shape index (κ3) is 5.14. The first-order valence-electron chi connectivity index (χ1n) is 3.35. The fraction of sp³-hybridized carbons (Fsp3) is 0.429. The predicted molar refractivity (Wildman–Crippen MR) is 43.5 cm³/mol. The SMILES string of the molecule is CC.CC=C(C(N)=O)C(N)=O. The summed E-state index contributed by atoms with van der Waals surface area (Å²) < 4.78 is 0. The highest BCUT2D eigenvalue weighted by molar-refractivity contribution is 6.17. The van der Waals surface area contributed by atoms with Crippen LogP contribution in [0, 0.1) is 0 Å². The first-order chi connectivity index (χ1) is 5.09. The van der Waals surface area contributed by atoms with E-state index in [9.17, 15) is 9.59 Å². The molecule has 0 atom stereocenters. The van der Waals surface area contributed by atoms with Crippen LogP contribution in [0.1, 0.15) is 20.8 Å². The lowest BCUT2D eigenvalue weighted by Gasteiger charge is -1.92. The highest BCUT2D eigenvalue weighted by Crippen LogP contribution is 1.88. The van der Waals surface area contributed by atoms with Crippen molar-refractivity contribution in [2.45, 2.75) is 20.8 Å². The minimum atomic E-state index is -0.787. The highest BCUT2D eigenvalue weighted by Gasteiger charge is 2.08. The van der Waals surface area contributed by atoms with E-state index in [1.54, 1.807) is 0 Å². The maximum absolute atomic E-state index is 10.2. The number of nitrogens with two attached hydrogens (primary N) is 2. The summed E-state index contributed by atoms with van der Waals surface area (Å²) in [6.07, 6.45) is 1.28. The van der Waals surface area contributed by atoms with Crippen molar-refractivity contribution < 1.29 is 9.59 Å². The normalized spacial score (nSPS) is 7.18. The Morgan fingerprint density at radius 2 is 1.36 bits per heavy atom. The van der Waals surface area contributed by atoms with Crippen molar-refractivity contribution in [1.29, 1.82) is 0 Å². The minimum Gasteiger partial charge on any atom is -0.365 e. The third-order valence-electron chi connectivity index (χ3n) is 0.820. The third-order valence-corrected chi connectivity index (χ3v) is 0.820. The molecule has 0 fully saturated rings. The van der Waals surface area contributed by atoms with Crippen LogP contribution < -0.4 is 11.5 Å². The Morgan fingerprint density at radius 3 is 1.36 bits per heavy atom. The Kier molecular flexibility index (Phi) is 7.64. The summed E-state index contributed by atoms with van der Waals surface area (Å²) >= 11 is 0. The Morgan fingerprint density at radius 1 is 1.09 bits per heavy atom. The second kappa shape index (κ2) is 6.80. The Bertz CT molecular complexity index is 157. The first-order valence-corrected chi connectivity index (χ1v) is 3.35. The zero-order chi connectivity index (χ0) is 9.44. The molecule has 0 aromatic carbocycles. The second-order valence-corrected chi connectivity index (χ2v) is 1.43. The molecule has 0 radical (unpaired) electrons. The summed E-state index contributed by atoms with van der Waals surface area (Å²) in [6, 6.07) is 0. The molecule has 4 heteroatoms. The average molecular weight is 158 g/mol. The molecule has 2 amide bonds. The molecule has 0 aliphatic heterocycles. The summed E-state index contributed by atoms with van der Waals surface area (Å²) in [7, 11) is 0. The summed E-state index contributed by atoms with van der Waals surface area (Å²) in [5.41, 5.74) is 9.32. The van der Waals surface area contributed by atoms with E-state index in [0.717, 1.165) is 0 Å². The van der Waals surface area contributed by atoms with E-state index >= 15 is 0 Å². The molecular weight excluding hydrogens is 144 g/mol. The van der Waals surface area contributed by atoms with Crippen LogP contribution in [0.5, 0.6) is 0 Å². The van der Waals surface area contributed by atoms with Gasteiger partial charge in [-0.1, -0.05) is 19.9 Å². The lowest BCUT2D eigenvalue weighted by Crippen LogP contribution is -2.25. The lowest BCUT2D eigenvalue weighted by atomic mass is 10.2. The predicted octanol–water partition coefficient (Wildman–Crippen LogP) is -0.0705. The van der Waals surface area contributed by atoms with Gasteiger partial charge in [-0.05, 0) is 6.92 Å². The van der Waals surface area contributed by atoms with Gasteiger partial charge in [0.05, 0.1) is 5.57 Å². The molecule has 0 heterocycles. The van der Waals surface area contributed by atoms with Crippen LogP contribution in [0.3, 0.4) is 0 Å². The van der Waals surface area contributed by atoms with Gasteiger partial charge >= 0.3 is 0 Å². The maximum Gasteiger partial charge on any atom is 0.253 e. The highest BCUT2D eigenvalue weighted by atomic mass is 16.2. The summed E-state index contributed by atoms with van der Waals surface area (Å²) in [4.78, 5) is 20.5. The molecule has 0 aliphatic carbocycles. The van der Waals surface area contributed by atoms with Crippen LogP contribution in [-0.4, -0.2) is 11.8 Å². The van der Waals surface area contributed by atoms with E-state index in [0.29, 0.717) is 0 Å². The van der Waals surface area contributed by atoms with Crippen LogP contribution >= 0.6 is 0 Å². The number of hydrogen-bond donors (Lipinski definition) is 2. The summed E-state index contributed by atoms with van der Waals surface area (Å²) in [6.45, 7) is 5.52. The second-order valence-electron chi connectivity index (χ2n) is 1.43. The van der Waals surface area contributed by atoms with E-state index in [2.05, 4.69) is 0 Å². The average Bonchev–Trinajstić information content (AvgIpc) is 1.91. The zero-order valence-corrected chi connectivity index (χ0v) is 7.05. The van der Waals surface area contributed by atoms with Crippen molar-refractivity contribution in [2.24, 2.45) is 11.5 Å². The van der Waals surface area contributed by atoms with E-state index < -0.39 is 11.8 Å². The first kappa shape index (κ1) is 12.4. The topological polar surface area (TPSA) is 86.2 Å². The molecule has 0 unspecified atom stereocenters. The van der Waals surface area contributed by atoms with Crippen molar-refractivity contribution >= 4 is 11.8 Å². The molecule has 4 nitrogen and oxygen atoms in total. The van der Waals surface area contributed by atoms with Gasteiger partial charge in [0.1, 0.15) is 0 Å². The number of amides is 2. The van der Waals surface area contributed by atoms with E-state index in [-0.39, 0.29) is 5.57 Å². The molecule has 0 saturated heterocycles. The smallest absolute Gasteiger partial charge is 0.253 e. The molecule has 64 valence electrons. The van der Waals surface area contributed by atoms with Gasteiger partial charge in [-0.2, -0.15) is 0 Å². The van der Waals surface area contributed by atoms with Gasteiger partial charge in [-0.25, -0.2) is 0 Å². The van der Waals surface area contributed by atoms with Crippen LogP contribution in [-0.2, 0) is 9.59 Å². The molecular formula is C7H14N2O2. The Hall–Kier alpha value is -1.32. The summed E-state index contributed by atoms with van der Waals surface area (Å²) in [5, 5.41) is 0. The number of hydrogen-bond acceptors (Lipinski definition) is 2. The van der Waals surface area contributed by atoms with E-state index in [4.69, 9.17) is 11.5 Å². The molecule has 0 aromatic rings. The number of rotatable bonds is 2. The molecule has 0 spiro atoms. The van der Waals surface area contributed by atoms with Crippen LogP contribution in [0.15, 0.2) is 11.6 Å². The van der Waals surface area contributed by atoms with Crippen LogP contribution in [0.2, 0.25) is 0 Å². The largest absolute Gasteiger partial charge is 0.365 e. The van der Waals surface area contributed by atoms with Crippen LogP contribution in [0.25, 0.3) is 0 Å². The van der Waals surface area contributed by atoms with Crippen molar-refractivity contribution in [3.8, 4) is 0 Å². The molecule has 0 rings (SSSR count). The van der Waals surface area contributed by atoms with Gasteiger partial charge in [-0.15, -0.1) is 0 Å². The number of carbonyl (C=O) groups is 2. The fourth-order valence-corrected chi connectivity index (χ4v) is 0.406. The van der Waals surface area contributed by atoms with Crippen molar-refractivity contribution in [3.63, 3.8) is 0 Å². The van der Waals surface area contributed by atoms with Gasteiger partial charge in [0, 0.05) is 0 Å². The van der Waals surface area contributed by atoms with Crippen LogP contribution in [0.4, 0.5) is 0 Å². The Labute approximate surface area is 66.2 Å². The summed E-state index contributed by atoms with van der Waals surface area (Å²) in [5.74, 6) is -1.57. The maximum atomic E-state index is 10.2. The molecule has 11 heavy (non-hydrogen) atoms. The zero-order valence-electron chi connectivity index (χ0n) is 7.05. The molecule has 0 bridgehead atoms. The van der Waals surface area contributed by atoms with Crippen molar-refractivity contribution in [3.05, 3.63) is 11.6 Å². The molecule has 0 aliphatic rings. The molecule has 0 aromatic heterocycles. The molecule has 0 saturated carbocycles.